The van der Waals surface area contributed by atoms with Crippen LogP contribution in [-0.4, -0.2) is 22.1 Å². The Morgan fingerprint density at radius 3 is 2.12 bits per heavy atom. The van der Waals surface area contributed by atoms with Crippen LogP contribution in [0.3, 0.4) is 0 Å². The topological polar surface area (TPSA) is 84.6 Å². The number of anilines is 1. The molecule has 4 rings (SSSR count). The fraction of sp³-hybridized carbons (Fsp3) is 0.185. The minimum Gasteiger partial charge on any atom is -0.481 e. The third-order valence-electron chi connectivity index (χ3n) is 5.28. The number of para-hydroxylation sites is 1. The highest BCUT2D eigenvalue weighted by Crippen LogP contribution is 2.36. The summed E-state index contributed by atoms with van der Waals surface area (Å²) in [6.45, 7) is 3.93. The van der Waals surface area contributed by atoms with Gasteiger partial charge in [0, 0.05) is 17.2 Å². The molecule has 6 heteroatoms. The largest absolute Gasteiger partial charge is 0.481 e. The number of ether oxygens (including phenoxy) is 1. The van der Waals surface area contributed by atoms with Gasteiger partial charge in [0.1, 0.15) is 17.2 Å². The number of hydrogen-bond donors (Lipinski definition) is 2. The molecule has 1 aromatic heterocycles. The number of aromatic nitrogens is 1. The van der Waals surface area contributed by atoms with Crippen molar-refractivity contribution in [3.05, 3.63) is 84.9 Å². The fourth-order valence-electron chi connectivity index (χ4n) is 3.47. The van der Waals surface area contributed by atoms with Crippen molar-refractivity contribution in [2.24, 2.45) is 5.92 Å². The highest BCUT2D eigenvalue weighted by Gasteiger charge is 2.22. The van der Waals surface area contributed by atoms with E-state index in [4.69, 9.17) is 9.15 Å². The van der Waals surface area contributed by atoms with E-state index in [-0.39, 0.29) is 18.4 Å². The molecule has 0 aliphatic carbocycles. The zero-order valence-corrected chi connectivity index (χ0v) is 18.6. The number of hydrogen-bond acceptors (Lipinski definition) is 5. The number of carbonyl (C=O) groups is 1. The zero-order valence-electron chi connectivity index (χ0n) is 18.6. The first-order valence-corrected chi connectivity index (χ1v) is 10.9. The molecule has 0 radical (unpaired) electrons. The molecule has 6 nitrogen and oxygen atoms in total. The van der Waals surface area contributed by atoms with Gasteiger partial charge in [-0.25, -0.2) is 0 Å². The number of oxazole rings is 1. The molecule has 0 aliphatic heterocycles. The van der Waals surface area contributed by atoms with E-state index in [9.17, 15) is 9.90 Å². The summed E-state index contributed by atoms with van der Waals surface area (Å²) in [6.07, 6.45) is -0.0262. The Balaban J connectivity index is 1.65. The lowest BCUT2D eigenvalue weighted by molar-refractivity contribution is -0.137. The maximum Gasteiger partial charge on any atom is 0.305 e. The van der Waals surface area contributed by atoms with Crippen molar-refractivity contribution < 1.29 is 19.1 Å². The average Bonchev–Trinajstić information content (AvgIpc) is 3.24. The van der Waals surface area contributed by atoms with Gasteiger partial charge in [0.2, 0.25) is 0 Å². The monoisotopic (exact) mass is 442 g/mol. The number of rotatable bonds is 9. The predicted molar refractivity (Wildman–Crippen MR) is 128 cm³/mol. The average molecular weight is 443 g/mol. The normalized spacial score (nSPS) is 11.8. The number of carboxylic acid groups (broad SMARTS) is 1. The SMILES string of the molecule is CC(C)C(CC(=O)O)Nc1nc(-c2ccc(Oc3ccccc3)cc2)c(-c2ccccc2)o1. The summed E-state index contributed by atoms with van der Waals surface area (Å²) in [5.41, 5.74) is 2.43. The van der Waals surface area contributed by atoms with Crippen LogP contribution in [0.1, 0.15) is 20.3 Å². The molecule has 1 atom stereocenters. The Labute approximate surface area is 192 Å². The molecule has 3 aromatic carbocycles. The Morgan fingerprint density at radius 2 is 1.52 bits per heavy atom. The van der Waals surface area contributed by atoms with Gasteiger partial charge in [-0.15, -0.1) is 0 Å². The molecule has 1 heterocycles. The van der Waals surface area contributed by atoms with Crippen molar-refractivity contribution in [2.75, 3.05) is 5.32 Å². The second-order valence-corrected chi connectivity index (χ2v) is 8.09. The van der Waals surface area contributed by atoms with E-state index in [1.165, 1.54) is 0 Å². The molecule has 0 aliphatic rings. The number of nitrogens with zero attached hydrogens (tertiary/aromatic N) is 1. The molecule has 0 amide bonds. The summed E-state index contributed by atoms with van der Waals surface area (Å²) in [6, 6.07) is 27.0. The molecule has 0 fully saturated rings. The van der Waals surface area contributed by atoms with E-state index in [1.54, 1.807) is 0 Å². The lowest BCUT2D eigenvalue weighted by atomic mass is 10.0. The van der Waals surface area contributed by atoms with Crippen LogP contribution in [0, 0.1) is 5.92 Å². The number of nitrogens with one attached hydrogen (secondary N) is 1. The highest BCUT2D eigenvalue weighted by atomic mass is 16.5. The summed E-state index contributed by atoms with van der Waals surface area (Å²) in [4.78, 5) is 16.0. The van der Waals surface area contributed by atoms with Gasteiger partial charge in [0.15, 0.2) is 5.76 Å². The van der Waals surface area contributed by atoms with Crippen LogP contribution in [0.4, 0.5) is 6.01 Å². The van der Waals surface area contributed by atoms with Crippen LogP contribution in [0.25, 0.3) is 22.6 Å². The first-order valence-electron chi connectivity index (χ1n) is 10.9. The molecule has 168 valence electrons. The van der Waals surface area contributed by atoms with Gasteiger partial charge < -0.3 is 19.6 Å². The molecule has 0 bridgehead atoms. The standard InChI is InChI=1S/C27H26N2O4/c1-18(2)23(17-24(30)31)28-27-29-25(26(33-27)20-9-5-3-6-10-20)19-13-15-22(16-14-19)32-21-11-7-4-8-12-21/h3-16,18,23H,17H2,1-2H3,(H,28,29)(H,30,31). The number of benzene rings is 3. The molecule has 2 N–H and O–H groups in total. The smallest absolute Gasteiger partial charge is 0.305 e. The van der Waals surface area contributed by atoms with Crippen LogP contribution in [0.5, 0.6) is 11.5 Å². The van der Waals surface area contributed by atoms with Crippen molar-refractivity contribution in [1.29, 1.82) is 0 Å². The van der Waals surface area contributed by atoms with Crippen molar-refractivity contribution >= 4 is 12.0 Å². The Kier molecular flexibility index (Phi) is 6.74. The van der Waals surface area contributed by atoms with Crippen LogP contribution >= 0.6 is 0 Å². The van der Waals surface area contributed by atoms with Gasteiger partial charge in [0.25, 0.3) is 6.01 Å². The molecule has 0 saturated heterocycles. The van der Waals surface area contributed by atoms with Gasteiger partial charge >= 0.3 is 5.97 Å². The maximum absolute atomic E-state index is 11.3. The van der Waals surface area contributed by atoms with Crippen molar-refractivity contribution in [1.82, 2.24) is 4.98 Å². The van der Waals surface area contributed by atoms with Crippen LogP contribution in [0.2, 0.25) is 0 Å². The molecule has 0 spiro atoms. The fourth-order valence-corrected chi connectivity index (χ4v) is 3.47. The van der Waals surface area contributed by atoms with Crippen LogP contribution in [-0.2, 0) is 4.79 Å². The second-order valence-electron chi connectivity index (χ2n) is 8.09. The van der Waals surface area contributed by atoms with Crippen molar-refractivity contribution in [3.63, 3.8) is 0 Å². The lowest BCUT2D eigenvalue weighted by Crippen LogP contribution is -2.28. The van der Waals surface area contributed by atoms with Crippen molar-refractivity contribution in [3.8, 4) is 34.1 Å². The Morgan fingerprint density at radius 1 is 0.909 bits per heavy atom. The summed E-state index contributed by atoms with van der Waals surface area (Å²) in [5.74, 6) is 1.32. The van der Waals surface area contributed by atoms with Gasteiger partial charge in [-0.2, -0.15) is 4.98 Å². The lowest BCUT2D eigenvalue weighted by Gasteiger charge is -2.19. The quantitative estimate of drug-likeness (QED) is 0.300. The van der Waals surface area contributed by atoms with Gasteiger partial charge in [0.05, 0.1) is 6.42 Å². The number of aliphatic carboxylic acids is 1. The first-order chi connectivity index (χ1) is 16.0. The Bertz CT molecular complexity index is 1190. The molecular weight excluding hydrogens is 416 g/mol. The summed E-state index contributed by atoms with van der Waals surface area (Å²) >= 11 is 0. The molecule has 1 unspecified atom stereocenters. The summed E-state index contributed by atoms with van der Waals surface area (Å²) in [7, 11) is 0. The molecule has 33 heavy (non-hydrogen) atoms. The molecular formula is C27H26N2O4. The minimum absolute atomic E-state index is 0.0262. The Hall–Kier alpha value is -4.06. The summed E-state index contributed by atoms with van der Waals surface area (Å²) in [5, 5.41) is 12.4. The van der Waals surface area contributed by atoms with E-state index < -0.39 is 5.97 Å². The van der Waals surface area contributed by atoms with E-state index in [0.29, 0.717) is 17.5 Å². The second kappa shape index (κ2) is 10.0. The van der Waals surface area contributed by atoms with Crippen molar-refractivity contribution in [2.45, 2.75) is 26.3 Å². The third-order valence-corrected chi connectivity index (χ3v) is 5.28. The number of carboxylic acids is 1. The van der Waals surface area contributed by atoms with E-state index in [0.717, 1.165) is 22.6 Å². The third kappa shape index (κ3) is 5.60. The van der Waals surface area contributed by atoms with E-state index in [1.807, 2.05) is 98.8 Å². The van der Waals surface area contributed by atoms with E-state index in [2.05, 4.69) is 10.3 Å². The maximum atomic E-state index is 11.3. The minimum atomic E-state index is -0.870. The van der Waals surface area contributed by atoms with Gasteiger partial charge in [-0.05, 0) is 42.3 Å². The molecule has 0 saturated carbocycles. The summed E-state index contributed by atoms with van der Waals surface area (Å²) < 4.78 is 12.0. The highest BCUT2D eigenvalue weighted by molar-refractivity contribution is 5.78. The first kappa shape index (κ1) is 22.1. The zero-order chi connectivity index (χ0) is 23.2. The molecule has 4 aromatic rings. The van der Waals surface area contributed by atoms with Crippen LogP contribution < -0.4 is 10.1 Å². The van der Waals surface area contributed by atoms with Gasteiger partial charge in [-0.1, -0.05) is 62.4 Å². The predicted octanol–water partition coefficient (Wildman–Crippen LogP) is 6.71. The van der Waals surface area contributed by atoms with Gasteiger partial charge in [-0.3, -0.25) is 4.79 Å². The van der Waals surface area contributed by atoms with Crippen LogP contribution in [0.15, 0.2) is 89.3 Å². The van der Waals surface area contributed by atoms with E-state index >= 15 is 0 Å².